The van der Waals surface area contributed by atoms with Crippen molar-refractivity contribution in [3.8, 4) is 0 Å². The predicted molar refractivity (Wildman–Crippen MR) is 55.9 cm³/mol. The number of fused-ring (bicyclic) bond motifs is 1. The molecule has 0 aliphatic heterocycles. The van der Waals surface area contributed by atoms with Gasteiger partial charge in [-0.05, 0) is 29.9 Å². The summed E-state index contributed by atoms with van der Waals surface area (Å²) < 4.78 is 25.4. The van der Waals surface area contributed by atoms with Crippen LogP contribution in [0.5, 0.6) is 0 Å². The van der Waals surface area contributed by atoms with Gasteiger partial charge < -0.3 is 5.73 Å². The number of alkyl halides is 2. The van der Waals surface area contributed by atoms with Crippen molar-refractivity contribution in [1.82, 2.24) is 0 Å². The van der Waals surface area contributed by atoms with Crippen LogP contribution in [0.25, 0.3) is 0 Å². The molecule has 0 saturated heterocycles. The number of halogens is 2. The highest BCUT2D eigenvalue weighted by Crippen LogP contribution is 2.33. The molecule has 0 bridgehead atoms. The zero-order valence-electron chi connectivity index (χ0n) is 8.50. The summed E-state index contributed by atoms with van der Waals surface area (Å²) in [4.78, 5) is 0. The molecule has 2 N–H and O–H groups in total. The van der Waals surface area contributed by atoms with E-state index in [1.165, 1.54) is 11.1 Å². The summed E-state index contributed by atoms with van der Waals surface area (Å²) in [6, 6.07) is 7.96. The normalized spacial score (nSPS) is 18.1. The van der Waals surface area contributed by atoms with E-state index >= 15 is 0 Å². The summed E-state index contributed by atoms with van der Waals surface area (Å²) >= 11 is 0. The van der Waals surface area contributed by atoms with Crippen LogP contribution in [0.4, 0.5) is 8.78 Å². The largest absolute Gasteiger partial charge is 0.330 e. The summed E-state index contributed by atoms with van der Waals surface area (Å²) in [6.45, 7) is 0.0797. The molecule has 1 atom stereocenters. The first-order chi connectivity index (χ1) is 7.22. The molecule has 82 valence electrons. The first kappa shape index (κ1) is 10.6. The highest BCUT2D eigenvalue weighted by Gasteiger charge is 2.32. The standard InChI is InChI=1S/C12H15F2N/c13-12(14)11(7-15)10-5-8-3-1-2-4-9(8)6-10/h1-4,10-12H,5-7,15H2. The molecule has 0 radical (unpaired) electrons. The van der Waals surface area contributed by atoms with Gasteiger partial charge in [0.2, 0.25) is 6.43 Å². The Morgan fingerprint density at radius 2 is 1.73 bits per heavy atom. The number of rotatable bonds is 3. The Hall–Kier alpha value is -0.960. The van der Waals surface area contributed by atoms with Gasteiger partial charge in [-0.3, -0.25) is 0 Å². The van der Waals surface area contributed by atoms with Gasteiger partial charge in [0.1, 0.15) is 0 Å². The van der Waals surface area contributed by atoms with Crippen LogP contribution in [0.2, 0.25) is 0 Å². The molecule has 3 heteroatoms. The molecule has 1 aliphatic rings. The number of benzene rings is 1. The summed E-state index contributed by atoms with van der Waals surface area (Å²) in [5, 5.41) is 0. The zero-order valence-corrected chi connectivity index (χ0v) is 8.50. The molecule has 1 unspecified atom stereocenters. The smallest absolute Gasteiger partial charge is 0.242 e. The fourth-order valence-corrected chi connectivity index (χ4v) is 2.40. The van der Waals surface area contributed by atoms with Crippen molar-refractivity contribution in [3.63, 3.8) is 0 Å². The number of hydrogen-bond donors (Lipinski definition) is 1. The van der Waals surface area contributed by atoms with Crippen LogP contribution in [-0.4, -0.2) is 13.0 Å². The van der Waals surface area contributed by atoms with E-state index in [0.29, 0.717) is 0 Å². The fourth-order valence-electron chi connectivity index (χ4n) is 2.40. The predicted octanol–water partition coefficient (Wildman–Crippen LogP) is 2.24. The quantitative estimate of drug-likeness (QED) is 0.815. The number of nitrogens with two attached hydrogens (primary N) is 1. The van der Waals surface area contributed by atoms with Crippen LogP contribution in [0, 0.1) is 11.8 Å². The average Bonchev–Trinajstić information content (AvgIpc) is 2.61. The van der Waals surface area contributed by atoms with E-state index in [0.717, 1.165) is 12.8 Å². The summed E-state index contributed by atoms with van der Waals surface area (Å²) in [6.07, 6.45) is -0.792. The van der Waals surface area contributed by atoms with Gasteiger partial charge in [0, 0.05) is 12.5 Å². The van der Waals surface area contributed by atoms with Gasteiger partial charge in [-0.15, -0.1) is 0 Å². The monoisotopic (exact) mass is 211 g/mol. The first-order valence-electron chi connectivity index (χ1n) is 5.27. The topological polar surface area (TPSA) is 26.0 Å². The lowest BCUT2D eigenvalue weighted by molar-refractivity contribution is 0.0504. The Morgan fingerprint density at radius 3 is 2.13 bits per heavy atom. The molecular weight excluding hydrogens is 196 g/mol. The average molecular weight is 211 g/mol. The second kappa shape index (κ2) is 4.27. The van der Waals surface area contributed by atoms with Gasteiger partial charge in [0.25, 0.3) is 0 Å². The maximum absolute atomic E-state index is 12.7. The van der Waals surface area contributed by atoms with Crippen LogP contribution >= 0.6 is 0 Å². The maximum atomic E-state index is 12.7. The molecule has 0 fully saturated rings. The van der Waals surface area contributed by atoms with Crippen LogP contribution in [0.1, 0.15) is 11.1 Å². The van der Waals surface area contributed by atoms with E-state index in [1.54, 1.807) is 0 Å². The lowest BCUT2D eigenvalue weighted by Crippen LogP contribution is -2.30. The van der Waals surface area contributed by atoms with Crippen molar-refractivity contribution in [2.75, 3.05) is 6.54 Å². The molecule has 2 rings (SSSR count). The third-order valence-corrected chi connectivity index (χ3v) is 3.28. The molecule has 1 nitrogen and oxygen atoms in total. The number of hydrogen-bond acceptors (Lipinski definition) is 1. The highest BCUT2D eigenvalue weighted by molar-refractivity contribution is 5.32. The maximum Gasteiger partial charge on any atom is 0.242 e. The second-order valence-corrected chi connectivity index (χ2v) is 4.17. The molecule has 1 aromatic carbocycles. The Bertz CT molecular complexity index is 313. The van der Waals surface area contributed by atoms with Crippen molar-refractivity contribution >= 4 is 0 Å². The van der Waals surface area contributed by atoms with Gasteiger partial charge in [0.15, 0.2) is 0 Å². The molecule has 0 spiro atoms. The van der Waals surface area contributed by atoms with E-state index in [1.807, 2.05) is 24.3 Å². The first-order valence-corrected chi connectivity index (χ1v) is 5.27. The lowest BCUT2D eigenvalue weighted by Gasteiger charge is -2.20. The van der Waals surface area contributed by atoms with Crippen molar-refractivity contribution in [2.45, 2.75) is 19.3 Å². The van der Waals surface area contributed by atoms with Crippen LogP contribution in [0.3, 0.4) is 0 Å². The van der Waals surface area contributed by atoms with Crippen molar-refractivity contribution in [3.05, 3.63) is 35.4 Å². The second-order valence-electron chi connectivity index (χ2n) is 4.17. The minimum absolute atomic E-state index is 0.0207. The van der Waals surface area contributed by atoms with Crippen LogP contribution in [-0.2, 0) is 12.8 Å². The van der Waals surface area contributed by atoms with Crippen molar-refractivity contribution in [2.24, 2.45) is 17.6 Å². The van der Waals surface area contributed by atoms with E-state index in [-0.39, 0.29) is 12.5 Å². The zero-order chi connectivity index (χ0) is 10.8. The Kier molecular flexibility index (Phi) is 3.00. The fraction of sp³-hybridized carbons (Fsp3) is 0.500. The van der Waals surface area contributed by atoms with Crippen molar-refractivity contribution in [1.29, 1.82) is 0 Å². The van der Waals surface area contributed by atoms with Gasteiger partial charge >= 0.3 is 0 Å². The molecule has 1 aliphatic carbocycles. The van der Waals surface area contributed by atoms with Gasteiger partial charge in [-0.25, -0.2) is 8.78 Å². The van der Waals surface area contributed by atoms with Gasteiger partial charge in [0.05, 0.1) is 0 Å². The molecular formula is C12H15F2N. The third kappa shape index (κ3) is 2.02. The van der Waals surface area contributed by atoms with E-state index in [9.17, 15) is 8.78 Å². The Balaban J connectivity index is 2.12. The van der Waals surface area contributed by atoms with E-state index < -0.39 is 12.3 Å². The minimum atomic E-state index is -2.30. The lowest BCUT2D eigenvalue weighted by atomic mass is 9.90. The molecule has 0 heterocycles. The van der Waals surface area contributed by atoms with Gasteiger partial charge in [-0.2, -0.15) is 0 Å². The Morgan fingerprint density at radius 1 is 1.20 bits per heavy atom. The van der Waals surface area contributed by atoms with E-state index in [2.05, 4.69) is 0 Å². The molecule has 15 heavy (non-hydrogen) atoms. The molecule has 1 aromatic rings. The molecule has 0 aromatic heterocycles. The molecule has 0 amide bonds. The SMILES string of the molecule is NCC(C(F)F)C1Cc2ccccc2C1. The summed E-state index contributed by atoms with van der Waals surface area (Å²) in [7, 11) is 0. The van der Waals surface area contributed by atoms with E-state index in [4.69, 9.17) is 5.73 Å². The van der Waals surface area contributed by atoms with Gasteiger partial charge in [-0.1, -0.05) is 24.3 Å². The molecule has 0 saturated carbocycles. The van der Waals surface area contributed by atoms with Crippen LogP contribution in [0.15, 0.2) is 24.3 Å². The van der Waals surface area contributed by atoms with Crippen LogP contribution < -0.4 is 5.73 Å². The summed E-state index contributed by atoms with van der Waals surface area (Å²) in [5.74, 6) is -0.634. The Labute approximate surface area is 88.3 Å². The van der Waals surface area contributed by atoms with Crippen molar-refractivity contribution < 1.29 is 8.78 Å². The third-order valence-electron chi connectivity index (χ3n) is 3.28. The highest BCUT2D eigenvalue weighted by atomic mass is 19.3. The summed E-state index contributed by atoms with van der Waals surface area (Å²) in [5.41, 5.74) is 7.83. The minimum Gasteiger partial charge on any atom is -0.330 e.